The summed E-state index contributed by atoms with van der Waals surface area (Å²) in [6.45, 7) is 6.89. The Morgan fingerprint density at radius 3 is 1.67 bits per heavy atom. The monoisotopic (exact) mass is 438 g/mol. The first kappa shape index (κ1) is 23.2. The van der Waals surface area contributed by atoms with E-state index in [1.54, 1.807) is 0 Å². The zero-order chi connectivity index (χ0) is 22.7. The second kappa shape index (κ2) is 12.3. The highest BCUT2D eigenvalue weighted by Gasteiger charge is 2.40. The van der Waals surface area contributed by atoms with E-state index in [0.29, 0.717) is 36.9 Å². The van der Waals surface area contributed by atoms with Gasteiger partial charge in [-0.2, -0.15) is 0 Å². The molecule has 33 heavy (non-hydrogen) atoms. The molecule has 0 amide bonds. The van der Waals surface area contributed by atoms with E-state index < -0.39 is 0 Å². The summed E-state index contributed by atoms with van der Waals surface area (Å²) in [5.41, 5.74) is 3.66. The summed E-state index contributed by atoms with van der Waals surface area (Å²) in [5.74, 6) is 1.66. The maximum absolute atomic E-state index is 6.25. The van der Waals surface area contributed by atoms with Crippen LogP contribution in [0, 0.1) is 23.7 Å². The van der Waals surface area contributed by atoms with Crippen LogP contribution in [0.1, 0.15) is 23.1 Å². The van der Waals surface area contributed by atoms with Gasteiger partial charge >= 0.3 is 0 Å². The zero-order valence-electron chi connectivity index (χ0n) is 19.3. The van der Waals surface area contributed by atoms with Gasteiger partial charge in [0.15, 0.2) is 0 Å². The molecule has 0 bridgehead atoms. The van der Waals surface area contributed by atoms with Crippen molar-refractivity contribution < 1.29 is 9.47 Å². The maximum Gasteiger partial charge on any atom is 0.0717 e. The van der Waals surface area contributed by atoms with Crippen molar-refractivity contribution in [2.24, 2.45) is 23.7 Å². The minimum absolute atomic E-state index is 0.396. The molecule has 3 aromatic rings. The molecule has 0 saturated heterocycles. The number of allylic oxidation sites excluding steroid dienone is 2. The first-order chi connectivity index (χ1) is 16.3. The van der Waals surface area contributed by atoms with Crippen molar-refractivity contribution in [3.63, 3.8) is 0 Å². The molecule has 2 nitrogen and oxygen atoms in total. The molecule has 4 atom stereocenters. The fourth-order valence-corrected chi connectivity index (χ4v) is 4.86. The fourth-order valence-electron chi connectivity index (χ4n) is 4.86. The van der Waals surface area contributed by atoms with Gasteiger partial charge in [-0.05, 0) is 46.8 Å². The van der Waals surface area contributed by atoms with Crippen molar-refractivity contribution in [2.75, 3.05) is 13.2 Å². The molecular formula is C31H34O2. The number of hydrogen-bond donors (Lipinski definition) is 0. The lowest BCUT2D eigenvalue weighted by molar-refractivity contribution is 0.0204. The van der Waals surface area contributed by atoms with Crippen LogP contribution in [0.25, 0.3) is 6.08 Å². The van der Waals surface area contributed by atoms with Crippen LogP contribution in [0.3, 0.4) is 0 Å². The van der Waals surface area contributed by atoms with E-state index in [4.69, 9.17) is 9.47 Å². The molecule has 0 aliphatic heterocycles. The molecule has 1 aliphatic carbocycles. The van der Waals surface area contributed by atoms with Crippen LogP contribution >= 0.6 is 0 Å². The van der Waals surface area contributed by atoms with Crippen molar-refractivity contribution >= 4 is 6.08 Å². The lowest BCUT2D eigenvalue weighted by Crippen LogP contribution is -2.26. The van der Waals surface area contributed by atoms with Gasteiger partial charge < -0.3 is 9.47 Å². The normalized spacial score (nSPS) is 22.5. The van der Waals surface area contributed by atoms with Crippen LogP contribution in [0.15, 0.2) is 110 Å². The van der Waals surface area contributed by atoms with Gasteiger partial charge in [0.05, 0.1) is 26.4 Å². The zero-order valence-corrected chi connectivity index (χ0v) is 19.3. The van der Waals surface area contributed by atoms with Crippen molar-refractivity contribution in [3.05, 3.63) is 126 Å². The van der Waals surface area contributed by atoms with Crippen LogP contribution in [-0.4, -0.2) is 13.2 Å². The van der Waals surface area contributed by atoms with Gasteiger partial charge in [0.2, 0.25) is 0 Å². The third-order valence-electron chi connectivity index (χ3n) is 6.68. The molecule has 170 valence electrons. The van der Waals surface area contributed by atoms with Crippen LogP contribution in [0.4, 0.5) is 0 Å². The number of rotatable bonds is 11. The lowest BCUT2D eigenvalue weighted by Gasteiger charge is -2.25. The summed E-state index contributed by atoms with van der Waals surface area (Å²) in [6, 6.07) is 31.3. The van der Waals surface area contributed by atoms with Crippen molar-refractivity contribution in [1.82, 2.24) is 0 Å². The Balaban J connectivity index is 1.44. The topological polar surface area (TPSA) is 18.5 Å². The largest absolute Gasteiger partial charge is 0.376 e. The highest BCUT2D eigenvalue weighted by Crippen LogP contribution is 2.44. The van der Waals surface area contributed by atoms with Gasteiger partial charge in [0.1, 0.15) is 0 Å². The van der Waals surface area contributed by atoms with Crippen LogP contribution in [0.2, 0.25) is 0 Å². The molecule has 0 heterocycles. The molecule has 2 heteroatoms. The van der Waals surface area contributed by atoms with Crippen molar-refractivity contribution in [1.29, 1.82) is 0 Å². The molecule has 1 saturated carbocycles. The number of hydrogen-bond acceptors (Lipinski definition) is 2. The summed E-state index contributed by atoms with van der Waals surface area (Å²) < 4.78 is 12.5. The fraction of sp³-hybridized carbons (Fsp3) is 0.290. The van der Waals surface area contributed by atoms with E-state index in [1.165, 1.54) is 16.7 Å². The van der Waals surface area contributed by atoms with Gasteiger partial charge in [0, 0.05) is 0 Å². The molecule has 0 N–H and O–H groups in total. The predicted octanol–water partition coefficient (Wildman–Crippen LogP) is 7.19. The van der Waals surface area contributed by atoms with Crippen molar-refractivity contribution in [2.45, 2.75) is 19.6 Å². The van der Waals surface area contributed by atoms with E-state index in [-0.39, 0.29) is 0 Å². The molecule has 4 rings (SSSR count). The molecule has 4 unspecified atom stereocenters. The van der Waals surface area contributed by atoms with Gasteiger partial charge in [-0.3, -0.25) is 0 Å². The second-order valence-corrected chi connectivity index (χ2v) is 8.90. The summed E-state index contributed by atoms with van der Waals surface area (Å²) in [4.78, 5) is 0. The standard InChI is InChI=1S/C31H34O2/c1-2-28-20-29(19-18-25-12-6-3-7-13-25)31(24-33-22-27-16-10-5-11-17-27)30(28)23-32-21-26-14-8-4-9-15-26/h2-19,28-31H,1,20-24H2. The van der Waals surface area contributed by atoms with E-state index in [2.05, 4.69) is 104 Å². The molecule has 3 aromatic carbocycles. The highest BCUT2D eigenvalue weighted by molar-refractivity contribution is 5.49. The summed E-state index contributed by atoms with van der Waals surface area (Å²) in [6.07, 6.45) is 7.84. The second-order valence-electron chi connectivity index (χ2n) is 8.90. The highest BCUT2D eigenvalue weighted by atomic mass is 16.5. The maximum atomic E-state index is 6.25. The molecular weight excluding hydrogens is 404 g/mol. The average Bonchev–Trinajstić information content (AvgIpc) is 3.21. The van der Waals surface area contributed by atoms with Gasteiger partial charge in [0.25, 0.3) is 0 Å². The molecule has 0 spiro atoms. The van der Waals surface area contributed by atoms with E-state index in [0.717, 1.165) is 19.6 Å². The minimum Gasteiger partial charge on any atom is -0.376 e. The minimum atomic E-state index is 0.396. The third-order valence-corrected chi connectivity index (χ3v) is 6.68. The van der Waals surface area contributed by atoms with E-state index >= 15 is 0 Å². The SMILES string of the molecule is C=CC1CC(C=Cc2ccccc2)C(COCc2ccccc2)C1COCc1ccccc1. The molecule has 0 aromatic heterocycles. The number of benzene rings is 3. The Hall–Kier alpha value is -2.94. The summed E-state index contributed by atoms with van der Waals surface area (Å²) >= 11 is 0. The number of ether oxygens (including phenoxy) is 2. The molecule has 1 aliphatic rings. The summed E-state index contributed by atoms with van der Waals surface area (Å²) in [5, 5.41) is 0. The van der Waals surface area contributed by atoms with Gasteiger partial charge in [-0.1, -0.05) is 109 Å². The first-order valence-corrected chi connectivity index (χ1v) is 11.9. The molecule has 1 fully saturated rings. The lowest BCUT2D eigenvalue weighted by atomic mass is 9.87. The van der Waals surface area contributed by atoms with Crippen molar-refractivity contribution in [3.8, 4) is 0 Å². The van der Waals surface area contributed by atoms with Gasteiger partial charge in [-0.25, -0.2) is 0 Å². The van der Waals surface area contributed by atoms with Crippen LogP contribution in [0.5, 0.6) is 0 Å². The summed E-state index contributed by atoms with van der Waals surface area (Å²) in [7, 11) is 0. The Bertz CT molecular complexity index is 981. The average molecular weight is 439 g/mol. The Morgan fingerprint density at radius 1 is 0.667 bits per heavy atom. The Labute approximate surface area is 198 Å². The predicted molar refractivity (Wildman–Crippen MR) is 136 cm³/mol. The van der Waals surface area contributed by atoms with Crippen LogP contribution < -0.4 is 0 Å². The Morgan fingerprint density at radius 2 is 1.15 bits per heavy atom. The first-order valence-electron chi connectivity index (χ1n) is 11.9. The van der Waals surface area contributed by atoms with Crippen LogP contribution in [-0.2, 0) is 22.7 Å². The van der Waals surface area contributed by atoms with E-state index in [1.807, 2.05) is 12.1 Å². The van der Waals surface area contributed by atoms with E-state index in [9.17, 15) is 0 Å². The van der Waals surface area contributed by atoms with Gasteiger partial charge in [-0.15, -0.1) is 6.58 Å². The smallest absolute Gasteiger partial charge is 0.0717 e. The third kappa shape index (κ3) is 6.77. The molecule has 0 radical (unpaired) electrons. The Kier molecular flexibility index (Phi) is 8.69. The quantitative estimate of drug-likeness (QED) is 0.295.